The maximum atomic E-state index is 11.8. The second kappa shape index (κ2) is 5.04. The molecular formula is C12H21N3O2. The Kier molecular flexibility index (Phi) is 3.66. The van der Waals surface area contributed by atoms with Gasteiger partial charge < -0.3 is 15.5 Å². The Bertz CT molecular complexity index is 313. The van der Waals surface area contributed by atoms with Gasteiger partial charge in [0, 0.05) is 32.7 Å². The molecule has 1 aliphatic heterocycles. The third kappa shape index (κ3) is 2.60. The third-order valence-electron chi connectivity index (χ3n) is 3.96. The van der Waals surface area contributed by atoms with Gasteiger partial charge in [0.25, 0.3) is 0 Å². The molecule has 0 aromatic carbocycles. The predicted molar refractivity (Wildman–Crippen MR) is 64.2 cm³/mol. The molecule has 1 aliphatic carbocycles. The lowest BCUT2D eigenvalue weighted by Gasteiger charge is -2.34. The standard InChI is InChI=1S/C12H21N3O2/c1-14-6-7-15(12(17)11(14)16)8-10(13)9-4-2-3-5-9/h9-10H,2-8,13H2,1H3. The number of piperazine rings is 1. The van der Waals surface area contributed by atoms with Gasteiger partial charge in [0.2, 0.25) is 0 Å². The zero-order chi connectivity index (χ0) is 12.4. The molecule has 0 aromatic rings. The maximum absolute atomic E-state index is 11.8. The van der Waals surface area contributed by atoms with Crippen LogP contribution < -0.4 is 5.73 Å². The molecule has 2 rings (SSSR count). The van der Waals surface area contributed by atoms with E-state index in [-0.39, 0.29) is 6.04 Å². The zero-order valence-electron chi connectivity index (χ0n) is 10.4. The first kappa shape index (κ1) is 12.4. The normalized spacial score (nSPS) is 24.6. The van der Waals surface area contributed by atoms with E-state index in [0.717, 1.165) is 12.8 Å². The van der Waals surface area contributed by atoms with Crippen LogP contribution in [0.15, 0.2) is 0 Å². The first-order valence-electron chi connectivity index (χ1n) is 6.39. The summed E-state index contributed by atoms with van der Waals surface area (Å²) in [6, 6.07) is 0.0256. The Hall–Kier alpha value is -1.10. The molecule has 5 nitrogen and oxygen atoms in total. The van der Waals surface area contributed by atoms with Gasteiger partial charge >= 0.3 is 11.8 Å². The minimum absolute atomic E-state index is 0.0256. The molecule has 17 heavy (non-hydrogen) atoms. The van der Waals surface area contributed by atoms with Crippen LogP contribution >= 0.6 is 0 Å². The Morgan fingerprint density at radius 3 is 2.53 bits per heavy atom. The van der Waals surface area contributed by atoms with Crippen molar-refractivity contribution in [3.05, 3.63) is 0 Å². The summed E-state index contributed by atoms with van der Waals surface area (Å²) >= 11 is 0. The van der Waals surface area contributed by atoms with Crippen LogP contribution in [0.3, 0.4) is 0 Å². The molecule has 1 saturated carbocycles. The highest BCUT2D eigenvalue weighted by atomic mass is 16.2. The van der Waals surface area contributed by atoms with Crippen molar-refractivity contribution in [2.24, 2.45) is 11.7 Å². The van der Waals surface area contributed by atoms with E-state index in [4.69, 9.17) is 5.73 Å². The highest BCUT2D eigenvalue weighted by Crippen LogP contribution is 2.27. The lowest BCUT2D eigenvalue weighted by Crippen LogP contribution is -2.56. The molecule has 2 fully saturated rings. The summed E-state index contributed by atoms with van der Waals surface area (Å²) in [6.45, 7) is 1.76. The molecule has 1 atom stereocenters. The molecule has 2 N–H and O–H groups in total. The Morgan fingerprint density at radius 1 is 1.24 bits per heavy atom. The summed E-state index contributed by atoms with van der Waals surface area (Å²) in [7, 11) is 1.66. The van der Waals surface area contributed by atoms with Crippen molar-refractivity contribution < 1.29 is 9.59 Å². The van der Waals surface area contributed by atoms with E-state index < -0.39 is 11.8 Å². The van der Waals surface area contributed by atoms with E-state index in [2.05, 4.69) is 0 Å². The molecule has 0 spiro atoms. The number of hydrogen-bond acceptors (Lipinski definition) is 3. The monoisotopic (exact) mass is 239 g/mol. The first-order valence-corrected chi connectivity index (χ1v) is 6.39. The highest BCUT2D eigenvalue weighted by molar-refractivity contribution is 6.35. The van der Waals surface area contributed by atoms with E-state index in [1.807, 2.05) is 0 Å². The van der Waals surface area contributed by atoms with Gasteiger partial charge in [-0.1, -0.05) is 12.8 Å². The van der Waals surface area contributed by atoms with Crippen molar-refractivity contribution >= 4 is 11.8 Å². The van der Waals surface area contributed by atoms with Crippen LogP contribution in [0, 0.1) is 5.92 Å². The third-order valence-corrected chi connectivity index (χ3v) is 3.96. The van der Waals surface area contributed by atoms with Gasteiger partial charge in [-0.05, 0) is 18.8 Å². The summed E-state index contributed by atoms with van der Waals surface area (Å²) in [5.41, 5.74) is 6.13. The van der Waals surface area contributed by atoms with Gasteiger partial charge in [0.15, 0.2) is 0 Å². The van der Waals surface area contributed by atoms with E-state index in [1.54, 1.807) is 11.9 Å². The van der Waals surface area contributed by atoms with Gasteiger partial charge in [-0.25, -0.2) is 0 Å². The van der Waals surface area contributed by atoms with Crippen LogP contribution in [0.2, 0.25) is 0 Å². The number of hydrogen-bond donors (Lipinski definition) is 1. The number of nitrogens with two attached hydrogens (primary N) is 1. The average molecular weight is 239 g/mol. The second-order valence-electron chi connectivity index (χ2n) is 5.19. The van der Waals surface area contributed by atoms with E-state index in [1.165, 1.54) is 17.7 Å². The fourth-order valence-corrected chi connectivity index (χ4v) is 2.74. The smallest absolute Gasteiger partial charge is 0.312 e. The van der Waals surface area contributed by atoms with Crippen molar-refractivity contribution in [1.29, 1.82) is 0 Å². The first-order chi connectivity index (χ1) is 8.09. The summed E-state index contributed by atoms with van der Waals surface area (Å²) in [5.74, 6) is -0.278. The van der Waals surface area contributed by atoms with Crippen LogP contribution in [0.5, 0.6) is 0 Å². The fraction of sp³-hybridized carbons (Fsp3) is 0.833. The minimum atomic E-state index is -0.408. The summed E-state index contributed by atoms with van der Waals surface area (Å²) < 4.78 is 0. The molecule has 0 bridgehead atoms. The number of carbonyl (C=O) groups excluding carboxylic acids is 2. The van der Waals surface area contributed by atoms with E-state index in [0.29, 0.717) is 25.6 Å². The second-order valence-corrected chi connectivity index (χ2v) is 5.19. The quantitative estimate of drug-likeness (QED) is 0.694. The summed E-state index contributed by atoms with van der Waals surface area (Å²) in [4.78, 5) is 26.4. The van der Waals surface area contributed by atoms with Gasteiger partial charge in [0.05, 0.1) is 0 Å². The molecular weight excluding hydrogens is 218 g/mol. The molecule has 5 heteroatoms. The van der Waals surface area contributed by atoms with E-state index in [9.17, 15) is 9.59 Å². The number of amides is 2. The van der Waals surface area contributed by atoms with Crippen molar-refractivity contribution in [2.75, 3.05) is 26.7 Å². The molecule has 2 aliphatic rings. The molecule has 2 amide bonds. The lowest BCUT2D eigenvalue weighted by molar-refractivity contribution is -0.155. The highest BCUT2D eigenvalue weighted by Gasteiger charge is 2.32. The van der Waals surface area contributed by atoms with Crippen LogP contribution in [-0.4, -0.2) is 54.3 Å². The van der Waals surface area contributed by atoms with Crippen molar-refractivity contribution in [3.8, 4) is 0 Å². The van der Waals surface area contributed by atoms with Crippen LogP contribution in [0.4, 0.5) is 0 Å². The van der Waals surface area contributed by atoms with Gasteiger partial charge in [-0.15, -0.1) is 0 Å². The predicted octanol–water partition coefficient (Wildman–Crippen LogP) is -0.196. The molecule has 1 unspecified atom stereocenters. The lowest BCUT2D eigenvalue weighted by atomic mass is 9.98. The topological polar surface area (TPSA) is 66.6 Å². The number of carbonyl (C=O) groups is 2. The average Bonchev–Trinajstić information content (AvgIpc) is 2.83. The van der Waals surface area contributed by atoms with Crippen molar-refractivity contribution in [2.45, 2.75) is 31.7 Å². The molecule has 0 aromatic heterocycles. The fourth-order valence-electron chi connectivity index (χ4n) is 2.74. The summed E-state index contributed by atoms with van der Waals surface area (Å²) in [5, 5.41) is 0. The van der Waals surface area contributed by atoms with Gasteiger partial charge in [0.1, 0.15) is 0 Å². The zero-order valence-corrected chi connectivity index (χ0v) is 10.4. The summed E-state index contributed by atoms with van der Waals surface area (Å²) in [6.07, 6.45) is 4.82. The SMILES string of the molecule is CN1CCN(CC(N)C2CCCC2)C(=O)C1=O. The van der Waals surface area contributed by atoms with Crippen LogP contribution in [0.25, 0.3) is 0 Å². The Balaban J connectivity index is 1.90. The number of rotatable bonds is 3. The van der Waals surface area contributed by atoms with Crippen molar-refractivity contribution in [3.63, 3.8) is 0 Å². The van der Waals surface area contributed by atoms with Gasteiger partial charge in [-0.3, -0.25) is 9.59 Å². The van der Waals surface area contributed by atoms with Crippen LogP contribution in [0.1, 0.15) is 25.7 Å². The maximum Gasteiger partial charge on any atom is 0.312 e. The largest absolute Gasteiger partial charge is 0.336 e. The molecule has 1 saturated heterocycles. The van der Waals surface area contributed by atoms with E-state index >= 15 is 0 Å². The number of nitrogens with zero attached hydrogens (tertiary/aromatic N) is 2. The molecule has 96 valence electrons. The van der Waals surface area contributed by atoms with Crippen LogP contribution in [-0.2, 0) is 9.59 Å². The van der Waals surface area contributed by atoms with Crippen molar-refractivity contribution in [1.82, 2.24) is 9.80 Å². The minimum Gasteiger partial charge on any atom is -0.336 e. The van der Waals surface area contributed by atoms with Gasteiger partial charge in [-0.2, -0.15) is 0 Å². The molecule has 0 radical (unpaired) electrons. The molecule has 1 heterocycles. The number of likely N-dealkylation sites (N-methyl/N-ethyl adjacent to an activating group) is 1. The Morgan fingerprint density at radius 2 is 1.88 bits per heavy atom. The Labute approximate surface area is 102 Å².